The number of likely N-dealkylation sites (tertiary alicyclic amines) is 1. The van der Waals surface area contributed by atoms with Gasteiger partial charge in [0.2, 0.25) is 10.0 Å². The summed E-state index contributed by atoms with van der Waals surface area (Å²) in [6, 6.07) is 3.35. The van der Waals surface area contributed by atoms with Crippen LogP contribution < -0.4 is 4.72 Å². The Morgan fingerprint density at radius 1 is 1.42 bits per heavy atom. The Labute approximate surface area is 117 Å². The largest absolute Gasteiger partial charge is 0.304 e. The molecule has 1 N–H and O–H groups in total. The van der Waals surface area contributed by atoms with Crippen molar-refractivity contribution in [1.29, 1.82) is 0 Å². The molecule has 0 aromatic heterocycles. The van der Waals surface area contributed by atoms with E-state index in [4.69, 9.17) is 11.6 Å². The number of halogens is 2. The molecule has 0 unspecified atom stereocenters. The lowest BCUT2D eigenvalue weighted by Crippen LogP contribution is -2.39. The van der Waals surface area contributed by atoms with Gasteiger partial charge >= 0.3 is 0 Å². The van der Waals surface area contributed by atoms with Gasteiger partial charge in [0.15, 0.2) is 0 Å². The average Bonchev–Trinajstić information content (AvgIpc) is 2.55. The maximum absolute atomic E-state index is 13.7. The molecule has 1 aromatic rings. The van der Waals surface area contributed by atoms with Crippen molar-refractivity contribution in [3.63, 3.8) is 0 Å². The molecule has 0 saturated carbocycles. The summed E-state index contributed by atoms with van der Waals surface area (Å²) in [5.41, 5.74) is 0. The second kappa shape index (κ2) is 5.36. The second-order valence-corrected chi connectivity index (χ2v) is 7.12. The van der Waals surface area contributed by atoms with E-state index in [0.29, 0.717) is 6.54 Å². The molecule has 2 rings (SSSR count). The molecule has 1 aromatic carbocycles. The molecule has 4 nitrogen and oxygen atoms in total. The molecule has 2 atom stereocenters. The van der Waals surface area contributed by atoms with Crippen molar-refractivity contribution >= 4 is 21.6 Å². The van der Waals surface area contributed by atoms with Crippen molar-refractivity contribution in [2.75, 3.05) is 20.1 Å². The van der Waals surface area contributed by atoms with Gasteiger partial charge in [0, 0.05) is 24.2 Å². The highest BCUT2D eigenvalue weighted by molar-refractivity contribution is 7.89. The molecule has 106 valence electrons. The summed E-state index contributed by atoms with van der Waals surface area (Å²) < 4.78 is 40.6. The zero-order valence-corrected chi connectivity index (χ0v) is 12.3. The quantitative estimate of drug-likeness (QED) is 0.925. The van der Waals surface area contributed by atoms with Crippen LogP contribution in [0.3, 0.4) is 0 Å². The van der Waals surface area contributed by atoms with E-state index in [1.54, 1.807) is 0 Å². The number of sulfonamides is 1. The number of hydrogen-bond acceptors (Lipinski definition) is 3. The third-order valence-electron chi connectivity index (χ3n) is 3.28. The highest BCUT2D eigenvalue weighted by atomic mass is 35.5. The summed E-state index contributed by atoms with van der Waals surface area (Å²) >= 11 is 5.62. The van der Waals surface area contributed by atoms with Crippen LogP contribution in [0.15, 0.2) is 23.1 Å². The van der Waals surface area contributed by atoms with E-state index in [2.05, 4.69) is 4.72 Å². The fraction of sp³-hybridized carbons (Fsp3) is 0.500. The van der Waals surface area contributed by atoms with Gasteiger partial charge in [-0.05, 0) is 31.2 Å². The predicted molar refractivity (Wildman–Crippen MR) is 72.2 cm³/mol. The lowest BCUT2D eigenvalue weighted by molar-refractivity contribution is 0.400. The van der Waals surface area contributed by atoms with Crippen molar-refractivity contribution in [2.24, 2.45) is 5.92 Å². The third-order valence-corrected chi connectivity index (χ3v) is 5.04. The van der Waals surface area contributed by atoms with Crippen molar-refractivity contribution in [1.82, 2.24) is 9.62 Å². The van der Waals surface area contributed by atoms with E-state index < -0.39 is 15.8 Å². The number of nitrogens with one attached hydrogen (secondary N) is 1. The maximum Gasteiger partial charge on any atom is 0.243 e. The summed E-state index contributed by atoms with van der Waals surface area (Å²) in [6.45, 7) is 3.40. The Kier molecular flexibility index (Phi) is 4.15. The number of benzene rings is 1. The average molecular weight is 307 g/mol. The Hall–Kier alpha value is -0.690. The zero-order valence-electron chi connectivity index (χ0n) is 10.7. The minimum absolute atomic E-state index is 0.172. The molecule has 0 radical (unpaired) electrons. The SMILES string of the molecule is C[C@H]1CN(C)C[C@H]1NS(=O)(=O)c1ccc(Cl)cc1F. The van der Waals surface area contributed by atoms with Crippen LogP contribution in [0.5, 0.6) is 0 Å². The topological polar surface area (TPSA) is 49.4 Å². The van der Waals surface area contributed by atoms with Gasteiger partial charge in [-0.1, -0.05) is 18.5 Å². The lowest BCUT2D eigenvalue weighted by atomic mass is 10.1. The minimum atomic E-state index is -3.86. The van der Waals surface area contributed by atoms with E-state index in [-0.39, 0.29) is 21.9 Å². The summed E-state index contributed by atoms with van der Waals surface area (Å²) in [6.07, 6.45) is 0. The van der Waals surface area contributed by atoms with Crippen LogP contribution in [0.25, 0.3) is 0 Å². The fourth-order valence-electron chi connectivity index (χ4n) is 2.32. The predicted octanol–water partition coefficient (Wildman–Crippen LogP) is 1.71. The number of rotatable bonds is 3. The fourth-order valence-corrected chi connectivity index (χ4v) is 3.87. The minimum Gasteiger partial charge on any atom is -0.304 e. The first-order valence-electron chi connectivity index (χ1n) is 5.95. The maximum atomic E-state index is 13.7. The van der Waals surface area contributed by atoms with Crippen LogP contribution in [-0.2, 0) is 10.0 Å². The monoisotopic (exact) mass is 306 g/mol. The first kappa shape index (κ1) is 14.7. The van der Waals surface area contributed by atoms with Crippen LogP contribution in [-0.4, -0.2) is 39.5 Å². The number of likely N-dealkylation sites (N-methyl/N-ethyl adjacent to an activating group) is 1. The Balaban J connectivity index is 2.23. The van der Waals surface area contributed by atoms with Gasteiger partial charge < -0.3 is 4.90 Å². The van der Waals surface area contributed by atoms with Crippen LogP contribution >= 0.6 is 11.6 Å². The van der Waals surface area contributed by atoms with Gasteiger partial charge in [-0.3, -0.25) is 0 Å². The van der Waals surface area contributed by atoms with Crippen molar-refractivity contribution in [3.05, 3.63) is 29.0 Å². The second-order valence-electron chi connectivity index (χ2n) is 5.00. The highest BCUT2D eigenvalue weighted by Gasteiger charge is 2.32. The van der Waals surface area contributed by atoms with E-state index in [9.17, 15) is 12.8 Å². The molecule has 1 heterocycles. The first-order valence-corrected chi connectivity index (χ1v) is 7.81. The molecular weight excluding hydrogens is 291 g/mol. The molecule has 1 saturated heterocycles. The van der Waals surface area contributed by atoms with E-state index in [1.165, 1.54) is 12.1 Å². The van der Waals surface area contributed by atoms with Gasteiger partial charge in [-0.2, -0.15) is 0 Å². The molecule has 1 fully saturated rings. The highest BCUT2D eigenvalue weighted by Crippen LogP contribution is 2.21. The zero-order chi connectivity index (χ0) is 14.2. The van der Waals surface area contributed by atoms with Crippen molar-refractivity contribution in [3.8, 4) is 0 Å². The normalized spacial score (nSPS) is 24.8. The molecule has 1 aliphatic rings. The van der Waals surface area contributed by atoms with Gasteiger partial charge in [0.1, 0.15) is 10.7 Å². The van der Waals surface area contributed by atoms with Gasteiger partial charge in [0.05, 0.1) is 0 Å². The van der Waals surface area contributed by atoms with E-state index in [1.807, 2.05) is 18.9 Å². The molecule has 0 spiro atoms. The van der Waals surface area contributed by atoms with E-state index >= 15 is 0 Å². The smallest absolute Gasteiger partial charge is 0.243 e. The summed E-state index contributed by atoms with van der Waals surface area (Å²) in [7, 11) is -1.93. The van der Waals surface area contributed by atoms with Crippen LogP contribution in [0.1, 0.15) is 6.92 Å². The van der Waals surface area contributed by atoms with Gasteiger partial charge in [-0.25, -0.2) is 17.5 Å². The van der Waals surface area contributed by atoms with Crippen LogP contribution in [0, 0.1) is 11.7 Å². The first-order chi connectivity index (χ1) is 8.79. The van der Waals surface area contributed by atoms with Crippen molar-refractivity contribution < 1.29 is 12.8 Å². The Morgan fingerprint density at radius 2 is 2.11 bits per heavy atom. The lowest BCUT2D eigenvalue weighted by Gasteiger charge is -2.17. The number of nitrogens with zero attached hydrogens (tertiary/aromatic N) is 1. The molecule has 19 heavy (non-hydrogen) atoms. The molecule has 0 amide bonds. The summed E-state index contributed by atoms with van der Waals surface area (Å²) in [5, 5.41) is 0.172. The Morgan fingerprint density at radius 3 is 2.63 bits per heavy atom. The summed E-state index contributed by atoms with van der Waals surface area (Å²) in [5.74, 6) is -0.644. The molecule has 0 aliphatic carbocycles. The molecular formula is C12H16ClFN2O2S. The van der Waals surface area contributed by atoms with Gasteiger partial charge in [-0.15, -0.1) is 0 Å². The van der Waals surface area contributed by atoms with E-state index in [0.717, 1.165) is 12.6 Å². The molecule has 0 bridgehead atoms. The van der Waals surface area contributed by atoms with Crippen LogP contribution in [0.4, 0.5) is 4.39 Å². The Bertz CT molecular complexity index is 579. The third kappa shape index (κ3) is 3.25. The standard InChI is InChI=1S/C12H16ClFN2O2S/c1-8-6-16(2)7-11(8)15-19(17,18)12-4-3-9(13)5-10(12)14/h3-5,8,11,15H,6-7H2,1-2H3/t8-,11+/m0/s1. The molecule has 1 aliphatic heterocycles. The van der Waals surface area contributed by atoms with Crippen LogP contribution in [0.2, 0.25) is 5.02 Å². The number of hydrogen-bond donors (Lipinski definition) is 1. The summed E-state index contributed by atoms with van der Waals surface area (Å²) in [4.78, 5) is 1.68. The van der Waals surface area contributed by atoms with Gasteiger partial charge in [0.25, 0.3) is 0 Å². The molecule has 7 heteroatoms. The van der Waals surface area contributed by atoms with Crippen molar-refractivity contribution in [2.45, 2.75) is 17.9 Å².